The van der Waals surface area contributed by atoms with Gasteiger partial charge in [0.25, 0.3) is 0 Å². The third kappa shape index (κ3) is 2.26. The van der Waals surface area contributed by atoms with Crippen molar-refractivity contribution in [3.8, 4) is 0 Å². The van der Waals surface area contributed by atoms with Crippen molar-refractivity contribution in [2.75, 3.05) is 6.61 Å². The Bertz CT molecular complexity index is 429. The van der Waals surface area contributed by atoms with Gasteiger partial charge in [0.15, 0.2) is 6.17 Å². The molecule has 1 unspecified atom stereocenters. The predicted molar refractivity (Wildman–Crippen MR) is 62.6 cm³/mol. The fourth-order valence-electron chi connectivity index (χ4n) is 1.63. The van der Waals surface area contributed by atoms with Crippen LogP contribution in [0.25, 0.3) is 0 Å². The fraction of sp³-hybridized carbons (Fsp3) is 0.625. The van der Waals surface area contributed by atoms with Gasteiger partial charge >= 0.3 is 5.95 Å². The number of nitro groups is 1. The third-order valence-corrected chi connectivity index (χ3v) is 3.58. The molecule has 94 valence electrons. The second-order valence-corrected chi connectivity index (χ2v) is 5.17. The second kappa shape index (κ2) is 4.82. The number of aliphatic hydroxyl groups is 1. The first-order valence-corrected chi connectivity index (χ1v) is 6.02. The van der Waals surface area contributed by atoms with E-state index in [9.17, 15) is 19.6 Å². The van der Waals surface area contributed by atoms with Crippen molar-refractivity contribution in [3.05, 3.63) is 22.5 Å². The summed E-state index contributed by atoms with van der Waals surface area (Å²) in [6.45, 7) is 0.127. The Morgan fingerprint density at radius 3 is 3.12 bits per heavy atom. The quantitative estimate of drug-likeness (QED) is 0.366. The molecule has 1 N–H and O–H groups in total. The van der Waals surface area contributed by atoms with E-state index in [4.69, 9.17) is 4.74 Å². The number of nitrogens with zero attached hydrogens (tertiary/aromatic N) is 3. The van der Waals surface area contributed by atoms with Gasteiger partial charge in [-0.25, -0.2) is 4.39 Å². The highest BCUT2D eigenvalue weighted by Crippen LogP contribution is 2.32. The lowest BCUT2D eigenvalue weighted by molar-refractivity contribution is -0.399. The molecule has 1 aliphatic heterocycles. The molecule has 0 spiro atoms. The molecule has 9 heteroatoms. The van der Waals surface area contributed by atoms with E-state index in [0.29, 0.717) is 0 Å². The summed E-state index contributed by atoms with van der Waals surface area (Å²) in [5.74, 6) is -0.503. The summed E-state index contributed by atoms with van der Waals surface area (Å²) in [5.41, 5.74) is 0. The van der Waals surface area contributed by atoms with Crippen LogP contribution < -0.4 is 0 Å². The highest BCUT2D eigenvalue weighted by atomic mass is 127. The van der Waals surface area contributed by atoms with E-state index in [-0.39, 0.29) is 10.5 Å². The number of aromatic nitrogens is 2. The Labute approximate surface area is 109 Å². The maximum absolute atomic E-state index is 13.8. The minimum Gasteiger partial charge on any atom is -0.390 e. The summed E-state index contributed by atoms with van der Waals surface area (Å²) < 4.78 is 19.6. The van der Waals surface area contributed by atoms with Crippen LogP contribution in [-0.4, -0.2) is 42.4 Å². The third-order valence-electron chi connectivity index (χ3n) is 2.48. The molecular weight excluding hydrogens is 348 g/mol. The lowest BCUT2D eigenvalue weighted by Crippen LogP contribution is -2.46. The van der Waals surface area contributed by atoms with E-state index < -0.39 is 29.4 Å². The number of hydrogen-bond acceptors (Lipinski definition) is 5. The Morgan fingerprint density at radius 2 is 2.47 bits per heavy atom. The summed E-state index contributed by atoms with van der Waals surface area (Å²) in [6.07, 6.45) is -1.69. The lowest BCUT2D eigenvalue weighted by Gasteiger charge is -2.32. The summed E-state index contributed by atoms with van der Waals surface area (Å²) >= 11 is 1.87. The average Bonchev–Trinajstić information content (AvgIpc) is 2.75. The average molecular weight is 357 g/mol. The van der Waals surface area contributed by atoms with Crippen LogP contribution in [0.2, 0.25) is 0 Å². The van der Waals surface area contributed by atoms with Crippen molar-refractivity contribution >= 4 is 28.5 Å². The van der Waals surface area contributed by atoms with Crippen molar-refractivity contribution in [1.82, 2.24) is 9.55 Å². The van der Waals surface area contributed by atoms with Crippen LogP contribution in [0.1, 0.15) is 6.23 Å². The molecular formula is C8H9FIN3O4. The van der Waals surface area contributed by atoms with Crippen molar-refractivity contribution < 1.29 is 19.2 Å². The van der Waals surface area contributed by atoms with Crippen LogP contribution in [0, 0.1) is 10.1 Å². The maximum Gasteiger partial charge on any atom is 0.436 e. The molecule has 1 aromatic rings. The first kappa shape index (κ1) is 12.6. The summed E-state index contributed by atoms with van der Waals surface area (Å²) in [5, 5.41) is 20.2. The lowest BCUT2D eigenvalue weighted by atomic mass is 10.1. The van der Waals surface area contributed by atoms with Gasteiger partial charge in [-0.2, -0.15) is 4.57 Å². The maximum atomic E-state index is 13.8. The van der Waals surface area contributed by atoms with Crippen LogP contribution in [0.4, 0.5) is 10.3 Å². The second-order valence-electron chi connectivity index (χ2n) is 3.57. The molecule has 7 nitrogen and oxygen atoms in total. The molecule has 0 saturated carbocycles. The number of ether oxygens (including phenoxy) is 1. The van der Waals surface area contributed by atoms with Crippen LogP contribution in [0.15, 0.2) is 12.4 Å². The smallest absolute Gasteiger partial charge is 0.390 e. The summed E-state index contributed by atoms with van der Waals surface area (Å²) in [6, 6.07) is 0. The molecule has 0 aromatic carbocycles. The summed E-state index contributed by atoms with van der Waals surface area (Å²) in [7, 11) is 0. The van der Waals surface area contributed by atoms with Gasteiger partial charge in [-0.05, 0) is 4.92 Å². The Hall–Kier alpha value is -0.810. The zero-order valence-corrected chi connectivity index (χ0v) is 10.6. The van der Waals surface area contributed by atoms with Crippen molar-refractivity contribution in [1.29, 1.82) is 0 Å². The van der Waals surface area contributed by atoms with Crippen molar-refractivity contribution in [2.45, 2.75) is 22.4 Å². The number of imidazole rings is 1. The number of hydrogen-bond donors (Lipinski definition) is 1. The van der Waals surface area contributed by atoms with E-state index >= 15 is 0 Å². The number of alkyl halides is 2. The molecule has 2 rings (SSSR count). The highest BCUT2D eigenvalue weighted by molar-refractivity contribution is 14.1. The monoisotopic (exact) mass is 357 g/mol. The standard InChI is InChI=1S/C8H9FIN3O4/c9-5-6(14)4(10)3-17-7(5)12-2-1-11-8(12)13(15)16/h1-2,4-7,14H,3H2/t4-,5-,6+,7?/m1/s1. The van der Waals surface area contributed by atoms with E-state index in [0.717, 1.165) is 4.57 Å². The topological polar surface area (TPSA) is 90.4 Å². The zero-order valence-electron chi connectivity index (χ0n) is 8.44. The molecule has 0 bridgehead atoms. The first-order valence-electron chi connectivity index (χ1n) is 4.77. The van der Waals surface area contributed by atoms with E-state index in [1.165, 1.54) is 12.4 Å². The molecule has 1 aromatic heterocycles. The van der Waals surface area contributed by atoms with Gasteiger partial charge in [0.2, 0.25) is 6.23 Å². The number of rotatable bonds is 2. The molecule has 4 atom stereocenters. The van der Waals surface area contributed by atoms with Crippen molar-refractivity contribution in [2.24, 2.45) is 0 Å². The highest BCUT2D eigenvalue weighted by Gasteiger charge is 2.43. The van der Waals surface area contributed by atoms with Gasteiger partial charge in [0.1, 0.15) is 18.5 Å². The van der Waals surface area contributed by atoms with E-state index in [1.807, 2.05) is 22.6 Å². The van der Waals surface area contributed by atoms with Gasteiger partial charge in [-0.15, -0.1) is 0 Å². The molecule has 0 aliphatic carbocycles. The van der Waals surface area contributed by atoms with Crippen LogP contribution in [-0.2, 0) is 4.74 Å². The van der Waals surface area contributed by atoms with Gasteiger partial charge in [-0.1, -0.05) is 27.6 Å². The largest absolute Gasteiger partial charge is 0.436 e. The molecule has 1 aliphatic rings. The van der Waals surface area contributed by atoms with E-state index in [1.54, 1.807) is 0 Å². The molecule has 0 amide bonds. The van der Waals surface area contributed by atoms with Gasteiger partial charge in [-0.3, -0.25) is 0 Å². The van der Waals surface area contributed by atoms with Crippen LogP contribution in [0.3, 0.4) is 0 Å². The number of halogens is 2. The van der Waals surface area contributed by atoms with Crippen molar-refractivity contribution in [3.63, 3.8) is 0 Å². The van der Waals surface area contributed by atoms with Gasteiger partial charge in [0, 0.05) is 0 Å². The summed E-state index contributed by atoms with van der Waals surface area (Å²) in [4.78, 5) is 13.4. The van der Waals surface area contributed by atoms with Crippen LogP contribution >= 0.6 is 22.6 Å². The SMILES string of the molecule is O=[N+]([O-])c1nccn1C1OC[C@@H](I)[C@H](O)[C@H]1F. The number of aliphatic hydroxyl groups excluding tert-OH is 1. The van der Waals surface area contributed by atoms with Gasteiger partial charge < -0.3 is 20.0 Å². The Balaban J connectivity index is 2.28. The van der Waals surface area contributed by atoms with E-state index in [2.05, 4.69) is 4.98 Å². The Kier molecular flexibility index (Phi) is 3.58. The van der Waals surface area contributed by atoms with Gasteiger partial charge in [0.05, 0.1) is 10.5 Å². The molecule has 0 radical (unpaired) electrons. The minimum absolute atomic E-state index is 0.127. The predicted octanol–water partition coefficient (Wildman–Crippen LogP) is 0.823. The molecule has 2 heterocycles. The zero-order chi connectivity index (χ0) is 12.6. The molecule has 1 saturated heterocycles. The van der Waals surface area contributed by atoms with Crippen LogP contribution in [0.5, 0.6) is 0 Å². The fourth-order valence-corrected chi connectivity index (χ4v) is 2.23. The molecule has 17 heavy (non-hydrogen) atoms. The first-order chi connectivity index (χ1) is 8.02. The minimum atomic E-state index is -1.72. The Morgan fingerprint density at radius 1 is 1.76 bits per heavy atom. The molecule has 1 fully saturated rings. The normalized spacial score (nSPS) is 33.6.